The zero-order valence-corrected chi connectivity index (χ0v) is 13.9. The second-order valence-corrected chi connectivity index (χ2v) is 5.83. The predicted octanol–water partition coefficient (Wildman–Crippen LogP) is -0.0583. The van der Waals surface area contributed by atoms with Crippen molar-refractivity contribution in [2.45, 2.75) is 4.90 Å². The molecule has 0 unspecified atom stereocenters. The third-order valence-corrected chi connectivity index (χ3v) is 4.26. The van der Waals surface area contributed by atoms with Crippen LogP contribution < -0.4 is 14.2 Å². The predicted molar refractivity (Wildman–Crippen MR) is 78.1 cm³/mol. The lowest BCUT2D eigenvalue weighted by Crippen LogP contribution is -2.31. The van der Waals surface area contributed by atoms with Crippen molar-refractivity contribution in [1.29, 1.82) is 0 Å². The Labute approximate surface area is 133 Å². The van der Waals surface area contributed by atoms with Crippen LogP contribution in [-0.2, 0) is 24.3 Å². The van der Waals surface area contributed by atoms with E-state index in [0.29, 0.717) is 0 Å². The minimum Gasteiger partial charge on any atom is -0.493 e. The Bertz CT molecular complexity index is 698. The van der Waals surface area contributed by atoms with Crippen molar-refractivity contribution in [2.24, 2.45) is 0 Å². The zero-order valence-electron chi connectivity index (χ0n) is 13.0. The van der Waals surface area contributed by atoms with E-state index in [1.165, 1.54) is 20.3 Å². The lowest BCUT2D eigenvalue weighted by molar-refractivity contribution is -0.139. The van der Waals surface area contributed by atoms with Gasteiger partial charge in [-0.3, -0.25) is 4.79 Å². The van der Waals surface area contributed by atoms with Gasteiger partial charge in [-0.15, -0.1) is 0 Å². The molecule has 1 N–H and O–H groups in total. The summed E-state index contributed by atoms with van der Waals surface area (Å²) in [5.41, 5.74) is -0.262. The molecule has 128 valence electrons. The van der Waals surface area contributed by atoms with Gasteiger partial charge >= 0.3 is 11.9 Å². The van der Waals surface area contributed by atoms with Crippen molar-refractivity contribution < 1.29 is 37.0 Å². The highest BCUT2D eigenvalue weighted by Gasteiger charge is 2.27. The number of carbonyl (C=O) groups excluding carboxylic acids is 2. The fraction of sp³-hybridized carbons (Fsp3) is 0.385. The Morgan fingerprint density at radius 2 is 1.57 bits per heavy atom. The molecular weight excluding hydrogens is 330 g/mol. The van der Waals surface area contributed by atoms with Crippen molar-refractivity contribution in [3.63, 3.8) is 0 Å². The second-order valence-electron chi connectivity index (χ2n) is 4.10. The van der Waals surface area contributed by atoms with Crippen molar-refractivity contribution in [3.05, 3.63) is 17.7 Å². The van der Waals surface area contributed by atoms with Crippen LogP contribution in [0.15, 0.2) is 17.0 Å². The summed E-state index contributed by atoms with van der Waals surface area (Å²) in [6.45, 7) is -0.589. The van der Waals surface area contributed by atoms with E-state index in [-0.39, 0.29) is 17.1 Å². The molecule has 1 aromatic rings. The van der Waals surface area contributed by atoms with Gasteiger partial charge in [-0.2, -0.15) is 4.72 Å². The van der Waals surface area contributed by atoms with E-state index in [4.69, 9.17) is 9.47 Å². The molecule has 0 fully saturated rings. The monoisotopic (exact) mass is 347 g/mol. The van der Waals surface area contributed by atoms with E-state index in [1.54, 1.807) is 0 Å². The van der Waals surface area contributed by atoms with Crippen LogP contribution in [0, 0.1) is 0 Å². The number of carbonyl (C=O) groups is 2. The summed E-state index contributed by atoms with van der Waals surface area (Å²) in [5.74, 6) is -1.42. The normalized spacial score (nSPS) is 10.8. The van der Waals surface area contributed by atoms with Crippen LogP contribution in [0.25, 0.3) is 0 Å². The Morgan fingerprint density at radius 1 is 1.00 bits per heavy atom. The van der Waals surface area contributed by atoms with Gasteiger partial charge in [-0.05, 0) is 6.07 Å². The summed E-state index contributed by atoms with van der Waals surface area (Å²) in [6.07, 6.45) is 0. The summed E-state index contributed by atoms with van der Waals surface area (Å²) < 4.78 is 45.7. The van der Waals surface area contributed by atoms with Crippen molar-refractivity contribution >= 4 is 22.0 Å². The summed E-state index contributed by atoms with van der Waals surface area (Å²) in [5, 5.41) is 0. The Hall–Kier alpha value is -2.33. The standard InChI is InChI=1S/C13H17NO8S/c1-19-9-5-8(13(16)22-4)11(6-10(9)20-2)23(17,18)14-7-12(15)21-3/h5-6,14H,7H2,1-4H3. The Kier molecular flexibility index (Phi) is 6.34. The van der Waals surface area contributed by atoms with E-state index in [9.17, 15) is 18.0 Å². The lowest BCUT2D eigenvalue weighted by atomic mass is 10.2. The van der Waals surface area contributed by atoms with Gasteiger partial charge < -0.3 is 18.9 Å². The second kappa shape index (κ2) is 7.79. The van der Waals surface area contributed by atoms with Crippen molar-refractivity contribution in [1.82, 2.24) is 4.72 Å². The summed E-state index contributed by atoms with van der Waals surface area (Å²) in [6, 6.07) is 2.28. The average molecular weight is 347 g/mol. The molecule has 0 aromatic heterocycles. The highest BCUT2D eigenvalue weighted by molar-refractivity contribution is 7.89. The first-order valence-corrected chi connectivity index (χ1v) is 7.69. The van der Waals surface area contributed by atoms with Crippen LogP contribution in [0.4, 0.5) is 0 Å². The molecule has 0 spiro atoms. The number of hydrogen-bond acceptors (Lipinski definition) is 8. The molecule has 23 heavy (non-hydrogen) atoms. The van der Waals surface area contributed by atoms with Crippen molar-refractivity contribution in [3.8, 4) is 11.5 Å². The van der Waals surface area contributed by atoms with Crippen LogP contribution in [0.3, 0.4) is 0 Å². The van der Waals surface area contributed by atoms with Gasteiger partial charge in [0, 0.05) is 6.07 Å². The van der Waals surface area contributed by atoms with Gasteiger partial charge in [0.1, 0.15) is 11.4 Å². The molecule has 0 saturated carbocycles. The number of ether oxygens (including phenoxy) is 4. The number of benzene rings is 1. The van der Waals surface area contributed by atoms with Crippen LogP contribution in [-0.4, -0.2) is 55.3 Å². The Morgan fingerprint density at radius 3 is 2.04 bits per heavy atom. The fourth-order valence-corrected chi connectivity index (χ4v) is 2.81. The SMILES string of the molecule is COC(=O)CNS(=O)(=O)c1cc(OC)c(OC)cc1C(=O)OC. The summed E-state index contributed by atoms with van der Waals surface area (Å²) in [7, 11) is 0.680. The number of esters is 2. The molecule has 0 aliphatic carbocycles. The van der Waals surface area contributed by atoms with Crippen LogP contribution in [0.2, 0.25) is 0 Å². The van der Waals surface area contributed by atoms with E-state index < -0.39 is 33.4 Å². The van der Waals surface area contributed by atoms with Gasteiger partial charge in [-0.1, -0.05) is 0 Å². The topological polar surface area (TPSA) is 117 Å². The smallest absolute Gasteiger partial charge is 0.339 e. The number of methoxy groups -OCH3 is 4. The van der Waals surface area contributed by atoms with Crippen molar-refractivity contribution in [2.75, 3.05) is 35.0 Å². The third kappa shape index (κ3) is 4.33. The molecular formula is C13H17NO8S. The minimum absolute atomic E-state index is 0.0959. The van der Waals surface area contributed by atoms with Crippen LogP contribution in [0.5, 0.6) is 11.5 Å². The maximum absolute atomic E-state index is 12.3. The van der Waals surface area contributed by atoms with Gasteiger partial charge in [0.2, 0.25) is 10.0 Å². The number of hydrogen-bond donors (Lipinski definition) is 1. The average Bonchev–Trinajstić information content (AvgIpc) is 2.57. The molecule has 0 aliphatic heterocycles. The molecule has 0 saturated heterocycles. The highest BCUT2D eigenvalue weighted by Crippen LogP contribution is 2.33. The lowest BCUT2D eigenvalue weighted by Gasteiger charge is -2.14. The van der Waals surface area contributed by atoms with Crippen LogP contribution in [0.1, 0.15) is 10.4 Å². The van der Waals surface area contributed by atoms with E-state index >= 15 is 0 Å². The first-order chi connectivity index (χ1) is 10.8. The van der Waals surface area contributed by atoms with E-state index in [2.05, 4.69) is 9.47 Å². The fourth-order valence-electron chi connectivity index (χ4n) is 1.66. The quantitative estimate of drug-likeness (QED) is 0.682. The molecule has 0 radical (unpaired) electrons. The summed E-state index contributed by atoms with van der Waals surface area (Å²) in [4.78, 5) is 22.5. The molecule has 1 aromatic carbocycles. The number of sulfonamides is 1. The van der Waals surface area contributed by atoms with Gasteiger partial charge in [0.25, 0.3) is 0 Å². The molecule has 0 aliphatic rings. The van der Waals surface area contributed by atoms with E-state index in [0.717, 1.165) is 20.3 Å². The van der Waals surface area contributed by atoms with E-state index in [1.807, 2.05) is 4.72 Å². The molecule has 1 rings (SSSR count). The van der Waals surface area contributed by atoms with Gasteiger partial charge in [0.15, 0.2) is 11.5 Å². The molecule has 0 heterocycles. The van der Waals surface area contributed by atoms with Crippen LogP contribution >= 0.6 is 0 Å². The summed E-state index contributed by atoms with van der Waals surface area (Å²) >= 11 is 0. The number of rotatable bonds is 7. The van der Waals surface area contributed by atoms with Gasteiger partial charge in [-0.25, -0.2) is 13.2 Å². The highest BCUT2D eigenvalue weighted by atomic mass is 32.2. The first kappa shape index (κ1) is 18.7. The Balaban J connectivity index is 3.42. The first-order valence-electron chi connectivity index (χ1n) is 6.21. The number of nitrogens with one attached hydrogen (secondary N) is 1. The molecule has 0 atom stereocenters. The van der Waals surface area contributed by atoms with Gasteiger partial charge in [0.05, 0.1) is 34.0 Å². The maximum Gasteiger partial charge on any atom is 0.339 e. The molecule has 0 bridgehead atoms. The molecule has 9 nitrogen and oxygen atoms in total. The molecule has 0 amide bonds. The zero-order chi connectivity index (χ0) is 17.6. The maximum atomic E-state index is 12.3. The third-order valence-electron chi connectivity index (χ3n) is 2.81. The minimum atomic E-state index is -4.20. The largest absolute Gasteiger partial charge is 0.493 e. The molecule has 10 heteroatoms.